The molecule has 31 heavy (non-hydrogen) atoms. The number of alkyl carbamates (subject to hydrolysis) is 1. The normalized spacial score (nSPS) is 13.0. The molecule has 2 rings (SSSR count). The molecule has 0 aliphatic carbocycles. The molecule has 2 aromatic rings. The number of ether oxygens (including phenoxy) is 1. The molecule has 0 aliphatic rings. The molecule has 7 nitrogen and oxygen atoms in total. The number of amides is 2. The van der Waals surface area contributed by atoms with Crippen LogP contribution >= 0.6 is 0 Å². The van der Waals surface area contributed by atoms with E-state index in [0.717, 1.165) is 11.1 Å². The van der Waals surface area contributed by atoms with Crippen molar-refractivity contribution in [1.29, 1.82) is 0 Å². The van der Waals surface area contributed by atoms with Gasteiger partial charge in [-0.15, -0.1) is 0 Å². The average Bonchev–Trinajstić information content (AvgIpc) is 2.70. The fraction of sp³-hybridized carbons (Fsp3) is 0.375. The lowest BCUT2D eigenvalue weighted by atomic mass is 10.0. The highest BCUT2D eigenvalue weighted by atomic mass is 16.6. The van der Waals surface area contributed by atoms with Crippen LogP contribution in [-0.4, -0.2) is 45.7 Å². The van der Waals surface area contributed by atoms with Crippen molar-refractivity contribution in [1.82, 2.24) is 10.2 Å². The minimum atomic E-state index is -1.12. The predicted octanol–water partition coefficient (Wildman–Crippen LogP) is 3.62. The fourth-order valence-electron chi connectivity index (χ4n) is 3.02. The number of carboxylic acids is 1. The van der Waals surface area contributed by atoms with E-state index in [2.05, 4.69) is 5.32 Å². The van der Waals surface area contributed by atoms with Gasteiger partial charge in [-0.05, 0) is 38.8 Å². The maximum Gasteiger partial charge on any atom is 0.408 e. The number of carbonyl (C=O) groups excluding carboxylic acids is 2. The molecule has 0 aromatic heterocycles. The summed E-state index contributed by atoms with van der Waals surface area (Å²) in [5.41, 5.74) is 0.891. The van der Waals surface area contributed by atoms with Gasteiger partial charge in [0.25, 0.3) is 0 Å². The van der Waals surface area contributed by atoms with Crippen LogP contribution in [0.5, 0.6) is 0 Å². The first-order valence-corrected chi connectivity index (χ1v) is 10.2. The summed E-state index contributed by atoms with van der Waals surface area (Å²) in [5.74, 6) is -1.62. The molecule has 7 heteroatoms. The van der Waals surface area contributed by atoms with Gasteiger partial charge in [0.1, 0.15) is 17.7 Å². The number of hydrogen-bond donors (Lipinski definition) is 2. The van der Waals surface area contributed by atoms with Crippen molar-refractivity contribution in [2.75, 3.05) is 0 Å². The van der Waals surface area contributed by atoms with Gasteiger partial charge in [0.05, 0.1) is 0 Å². The molecule has 0 aliphatic heterocycles. The summed E-state index contributed by atoms with van der Waals surface area (Å²) in [7, 11) is 0. The summed E-state index contributed by atoms with van der Waals surface area (Å²) in [5, 5.41) is 12.2. The lowest BCUT2D eigenvalue weighted by Gasteiger charge is -2.31. The van der Waals surface area contributed by atoms with Crippen molar-refractivity contribution in [2.45, 2.75) is 58.3 Å². The van der Waals surface area contributed by atoms with Crippen LogP contribution in [0.1, 0.15) is 38.8 Å². The highest BCUT2D eigenvalue weighted by Gasteiger charge is 2.33. The van der Waals surface area contributed by atoms with Crippen LogP contribution in [0.15, 0.2) is 60.7 Å². The summed E-state index contributed by atoms with van der Waals surface area (Å²) in [4.78, 5) is 38.9. The standard InChI is InChI=1S/C24H30N2O5/c1-17(22(28)29)26(16-19-13-9-6-10-14-19)21(27)20(15-18-11-7-5-8-12-18)25-23(30)31-24(2,3)4/h5-14,17,20H,15-16H2,1-4H3,(H,25,30)(H,28,29)/t17-,20+/m0/s1. The number of carbonyl (C=O) groups is 3. The van der Waals surface area contributed by atoms with Crippen molar-refractivity contribution >= 4 is 18.0 Å². The van der Waals surface area contributed by atoms with E-state index in [0.29, 0.717) is 0 Å². The topological polar surface area (TPSA) is 95.9 Å². The van der Waals surface area contributed by atoms with Crippen LogP contribution in [0.4, 0.5) is 4.79 Å². The zero-order valence-corrected chi connectivity index (χ0v) is 18.4. The number of nitrogens with zero attached hydrogens (tertiary/aromatic N) is 1. The van der Waals surface area contributed by atoms with Gasteiger partial charge in [0.2, 0.25) is 5.91 Å². The van der Waals surface area contributed by atoms with Crippen molar-refractivity contribution in [3.63, 3.8) is 0 Å². The van der Waals surface area contributed by atoms with E-state index in [9.17, 15) is 19.5 Å². The molecule has 0 heterocycles. The summed E-state index contributed by atoms with van der Waals surface area (Å²) < 4.78 is 5.32. The first-order valence-electron chi connectivity index (χ1n) is 10.2. The molecule has 0 unspecified atom stereocenters. The molecule has 0 bridgehead atoms. The van der Waals surface area contributed by atoms with E-state index in [1.165, 1.54) is 11.8 Å². The van der Waals surface area contributed by atoms with Gasteiger partial charge < -0.3 is 20.1 Å². The van der Waals surface area contributed by atoms with E-state index >= 15 is 0 Å². The van der Waals surface area contributed by atoms with E-state index in [4.69, 9.17) is 4.74 Å². The van der Waals surface area contributed by atoms with E-state index in [1.807, 2.05) is 60.7 Å². The Balaban J connectivity index is 2.32. The van der Waals surface area contributed by atoms with Crippen molar-refractivity contribution in [3.8, 4) is 0 Å². The van der Waals surface area contributed by atoms with Crippen LogP contribution in [-0.2, 0) is 27.3 Å². The van der Waals surface area contributed by atoms with Gasteiger partial charge in [-0.1, -0.05) is 60.7 Å². The highest BCUT2D eigenvalue weighted by Crippen LogP contribution is 2.15. The fourth-order valence-corrected chi connectivity index (χ4v) is 3.02. The monoisotopic (exact) mass is 426 g/mol. The quantitative estimate of drug-likeness (QED) is 0.672. The molecule has 2 amide bonds. The van der Waals surface area contributed by atoms with Gasteiger partial charge in [-0.3, -0.25) is 4.79 Å². The first kappa shape index (κ1) is 23.9. The zero-order valence-electron chi connectivity index (χ0n) is 18.4. The number of nitrogens with one attached hydrogen (secondary N) is 1. The van der Waals surface area contributed by atoms with Gasteiger partial charge in [-0.2, -0.15) is 0 Å². The molecule has 0 spiro atoms. The Kier molecular flexibility index (Phi) is 8.19. The van der Waals surface area contributed by atoms with Crippen molar-refractivity contribution < 1.29 is 24.2 Å². The van der Waals surface area contributed by atoms with Crippen LogP contribution in [0.3, 0.4) is 0 Å². The molecular weight excluding hydrogens is 396 g/mol. The SMILES string of the molecule is C[C@@H](C(=O)O)N(Cc1ccccc1)C(=O)[C@@H](Cc1ccccc1)NC(=O)OC(C)(C)C. The molecule has 2 aromatic carbocycles. The molecular formula is C24H30N2O5. The first-order chi connectivity index (χ1) is 14.6. The number of rotatable bonds is 8. The second kappa shape index (κ2) is 10.6. The van der Waals surface area contributed by atoms with Gasteiger partial charge in [-0.25, -0.2) is 9.59 Å². The van der Waals surface area contributed by atoms with Crippen LogP contribution in [0, 0.1) is 0 Å². The average molecular weight is 427 g/mol. The lowest BCUT2D eigenvalue weighted by Crippen LogP contribution is -2.54. The summed E-state index contributed by atoms with van der Waals surface area (Å²) in [6.45, 7) is 6.75. The van der Waals surface area contributed by atoms with Crippen LogP contribution in [0.2, 0.25) is 0 Å². The minimum Gasteiger partial charge on any atom is -0.480 e. The van der Waals surface area contributed by atoms with Crippen LogP contribution < -0.4 is 5.32 Å². The molecule has 0 radical (unpaired) electrons. The summed E-state index contributed by atoms with van der Waals surface area (Å²) in [6.07, 6.45) is -0.527. The van der Waals surface area contributed by atoms with Crippen molar-refractivity contribution in [3.05, 3.63) is 71.8 Å². The third-order valence-electron chi connectivity index (χ3n) is 4.58. The minimum absolute atomic E-state index is 0.106. The second-order valence-corrected chi connectivity index (χ2v) is 8.35. The number of aliphatic carboxylic acids is 1. The Hall–Kier alpha value is -3.35. The molecule has 0 saturated heterocycles. The smallest absolute Gasteiger partial charge is 0.408 e. The number of benzene rings is 2. The maximum absolute atomic E-state index is 13.5. The van der Waals surface area contributed by atoms with Gasteiger partial charge in [0.15, 0.2) is 0 Å². The van der Waals surface area contributed by atoms with Gasteiger partial charge >= 0.3 is 12.1 Å². The Morgan fingerprint density at radius 1 is 0.968 bits per heavy atom. The summed E-state index contributed by atoms with van der Waals surface area (Å²) in [6, 6.07) is 16.3. The molecule has 0 fully saturated rings. The van der Waals surface area contributed by atoms with E-state index < -0.39 is 35.7 Å². The summed E-state index contributed by atoms with van der Waals surface area (Å²) >= 11 is 0. The zero-order chi connectivity index (χ0) is 23.0. The molecule has 0 saturated carbocycles. The Bertz CT molecular complexity index is 878. The Morgan fingerprint density at radius 2 is 1.48 bits per heavy atom. The third kappa shape index (κ3) is 7.77. The third-order valence-corrected chi connectivity index (χ3v) is 4.58. The molecule has 166 valence electrons. The maximum atomic E-state index is 13.5. The number of hydrogen-bond acceptors (Lipinski definition) is 4. The second-order valence-electron chi connectivity index (χ2n) is 8.35. The van der Waals surface area contributed by atoms with Gasteiger partial charge in [0, 0.05) is 13.0 Å². The van der Waals surface area contributed by atoms with E-state index in [1.54, 1.807) is 20.8 Å². The molecule has 2 atom stereocenters. The molecule has 2 N–H and O–H groups in total. The number of carboxylic acid groups (broad SMARTS) is 1. The lowest BCUT2D eigenvalue weighted by molar-refractivity contribution is -0.150. The highest BCUT2D eigenvalue weighted by molar-refractivity contribution is 5.89. The Labute approximate surface area is 183 Å². The van der Waals surface area contributed by atoms with Crippen molar-refractivity contribution in [2.24, 2.45) is 0 Å². The largest absolute Gasteiger partial charge is 0.480 e. The Morgan fingerprint density at radius 3 is 1.97 bits per heavy atom. The van der Waals surface area contributed by atoms with Crippen LogP contribution in [0.25, 0.3) is 0 Å². The predicted molar refractivity (Wildman–Crippen MR) is 117 cm³/mol. The van der Waals surface area contributed by atoms with E-state index in [-0.39, 0.29) is 13.0 Å².